The van der Waals surface area contributed by atoms with E-state index in [9.17, 15) is 4.79 Å². The Morgan fingerprint density at radius 2 is 2.06 bits per heavy atom. The normalized spacial score (nSPS) is 16.1. The first-order valence-corrected chi connectivity index (χ1v) is 6.07. The number of amides is 1. The van der Waals surface area contributed by atoms with Gasteiger partial charge in [0.15, 0.2) is 0 Å². The van der Waals surface area contributed by atoms with Crippen LogP contribution in [0.1, 0.15) is 34.6 Å². The molecular formula is C14H23NO2. The quantitative estimate of drug-likeness (QED) is 0.737. The Hall–Kier alpha value is -1.25. The molecule has 3 heteroatoms. The van der Waals surface area contributed by atoms with Gasteiger partial charge in [-0.1, -0.05) is 26.5 Å². The highest BCUT2D eigenvalue weighted by atomic mass is 16.6. The maximum Gasteiger partial charge on any atom is 0.410 e. The van der Waals surface area contributed by atoms with E-state index >= 15 is 0 Å². The second kappa shape index (κ2) is 4.94. The molecule has 0 aliphatic carbocycles. The second-order valence-electron chi connectivity index (χ2n) is 5.77. The monoisotopic (exact) mass is 237 g/mol. The van der Waals surface area contributed by atoms with Gasteiger partial charge in [-0.05, 0) is 37.8 Å². The molecule has 0 radical (unpaired) electrons. The van der Waals surface area contributed by atoms with Gasteiger partial charge in [0.05, 0.1) is 0 Å². The van der Waals surface area contributed by atoms with E-state index < -0.39 is 5.60 Å². The summed E-state index contributed by atoms with van der Waals surface area (Å²) in [5, 5.41) is 0. The van der Waals surface area contributed by atoms with Crippen molar-refractivity contribution in [2.75, 3.05) is 13.1 Å². The maximum atomic E-state index is 11.8. The zero-order valence-corrected chi connectivity index (χ0v) is 11.5. The molecule has 0 saturated heterocycles. The van der Waals surface area contributed by atoms with Gasteiger partial charge < -0.3 is 9.64 Å². The Morgan fingerprint density at radius 3 is 2.53 bits per heavy atom. The first-order valence-electron chi connectivity index (χ1n) is 6.07. The highest BCUT2D eigenvalue weighted by Crippen LogP contribution is 2.23. The van der Waals surface area contributed by atoms with Gasteiger partial charge in [0.2, 0.25) is 0 Å². The molecule has 0 aromatic rings. The molecule has 1 heterocycles. The van der Waals surface area contributed by atoms with Crippen molar-refractivity contribution >= 4 is 6.09 Å². The zero-order chi connectivity index (χ0) is 13.2. The van der Waals surface area contributed by atoms with Crippen LogP contribution in [-0.2, 0) is 4.74 Å². The van der Waals surface area contributed by atoms with E-state index in [0.717, 1.165) is 11.1 Å². The molecule has 0 unspecified atom stereocenters. The molecule has 0 spiro atoms. The van der Waals surface area contributed by atoms with Crippen molar-refractivity contribution in [1.29, 1.82) is 0 Å². The summed E-state index contributed by atoms with van der Waals surface area (Å²) in [5.41, 5.74) is 1.83. The first kappa shape index (κ1) is 13.8. The molecule has 3 nitrogen and oxygen atoms in total. The van der Waals surface area contributed by atoms with Gasteiger partial charge in [-0.2, -0.15) is 0 Å². The molecule has 0 bridgehead atoms. The summed E-state index contributed by atoms with van der Waals surface area (Å²) in [5.74, 6) is 0.417. The number of carbonyl (C=O) groups is 1. The molecular weight excluding hydrogens is 214 g/mol. The van der Waals surface area contributed by atoms with Crippen LogP contribution in [0.2, 0.25) is 0 Å². The Bertz CT molecular complexity index is 348. The van der Waals surface area contributed by atoms with Crippen LogP contribution in [-0.4, -0.2) is 29.7 Å². The van der Waals surface area contributed by atoms with Gasteiger partial charge in [0, 0.05) is 13.1 Å². The van der Waals surface area contributed by atoms with Crippen LogP contribution < -0.4 is 0 Å². The van der Waals surface area contributed by atoms with E-state index in [1.54, 1.807) is 4.90 Å². The maximum absolute atomic E-state index is 11.8. The molecule has 1 aliphatic heterocycles. The lowest BCUT2D eigenvalue weighted by atomic mass is 9.98. The molecule has 1 aliphatic rings. The van der Waals surface area contributed by atoms with Crippen molar-refractivity contribution in [3.63, 3.8) is 0 Å². The molecule has 0 aromatic carbocycles. The Kier molecular flexibility index (Phi) is 4.02. The highest BCUT2D eigenvalue weighted by molar-refractivity contribution is 5.70. The SMILES string of the molecule is C=C(C1=CCN(C(=O)OC(C)(C)C)C1)C(C)C. The lowest BCUT2D eigenvalue weighted by molar-refractivity contribution is 0.0302. The molecule has 17 heavy (non-hydrogen) atoms. The van der Waals surface area contributed by atoms with E-state index in [1.165, 1.54) is 0 Å². The number of hydrogen-bond acceptors (Lipinski definition) is 2. The minimum absolute atomic E-state index is 0.250. The van der Waals surface area contributed by atoms with Crippen molar-refractivity contribution < 1.29 is 9.53 Å². The van der Waals surface area contributed by atoms with E-state index in [0.29, 0.717) is 19.0 Å². The molecule has 0 saturated carbocycles. The fourth-order valence-electron chi connectivity index (χ4n) is 1.62. The van der Waals surface area contributed by atoms with Crippen LogP contribution in [0, 0.1) is 5.92 Å². The number of hydrogen-bond donors (Lipinski definition) is 0. The minimum Gasteiger partial charge on any atom is -0.444 e. The molecule has 1 amide bonds. The molecule has 0 aromatic heterocycles. The molecule has 0 atom stereocenters. The molecule has 0 fully saturated rings. The minimum atomic E-state index is -0.436. The van der Waals surface area contributed by atoms with Crippen molar-refractivity contribution in [3.8, 4) is 0 Å². The van der Waals surface area contributed by atoms with Crippen LogP contribution in [0.15, 0.2) is 23.8 Å². The van der Waals surface area contributed by atoms with Crippen molar-refractivity contribution in [1.82, 2.24) is 4.90 Å². The fourth-order valence-corrected chi connectivity index (χ4v) is 1.62. The van der Waals surface area contributed by atoms with E-state index in [1.807, 2.05) is 20.8 Å². The lowest BCUT2D eigenvalue weighted by Gasteiger charge is -2.24. The third-order valence-electron chi connectivity index (χ3n) is 2.68. The lowest BCUT2D eigenvalue weighted by Crippen LogP contribution is -2.35. The highest BCUT2D eigenvalue weighted by Gasteiger charge is 2.26. The van der Waals surface area contributed by atoms with Crippen molar-refractivity contribution in [2.45, 2.75) is 40.2 Å². The Labute approximate surface area is 104 Å². The van der Waals surface area contributed by atoms with Crippen LogP contribution in [0.4, 0.5) is 4.79 Å². The van der Waals surface area contributed by atoms with Gasteiger partial charge in [-0.15, -0.1) is 0 Å². The average molecular weight is 237 g/mol. The summed E-state index contributed by atoms with van der Waals surface area (Å²) in [6.07, 6.45) is 1.81. The van der Waals surface area contributed by atoms with Crippen LogP contribution in [0.3, 0.4) is 0 Å². The molecule has 0 N–H and O–H groups in total. The third kappa shape index (κ3) is 3.91. The fraction of sp³-hybridized carbons (Fsp3) is 0.643. The van der Waals surface area contributed by atoms with E-state index in [-0.39, 0.29) is 6.09 Å². The predicted molar refractivity (Wildman–Crippen MR) is 69.9 cm³/mol. The van der Waals surface area contributed by atoms with Crippen molar-refractivity contribution in [3.05, 3.63) is 23.8 Å². The number of nitrogens with zero attached hydrogens (tertiary/aromatic N) is 1. The zero-order valence-electron chi connectivity index (χ0n) is 11.5. The largest absolute Gasteiger partial charge is 0.444 e. The third-order valence-corrected chi connectivity index (χ3v) is 2.68. The summed E-state index contributed by atoms with van der Waals surface area (Å²) in [6.45, 7) is 15.1. The number of rotatable bonds is 2. The van der Waals surface area contributed by atoms with Gasteiger partial charge in [-0.25, -0.2) is 4.79 Å². The molecule has 96 valence electrons. The van der Waals surface area contributed by atoms with Crippen LogP contribution >= 0.6 is 0 Å². The standard InChI is InChI=1S/C14H23NO2/c1-10(2)11(3)12-7-8-15(9-12)13(16)17-14(4,5)6/h7,10H,3,8-9H2,1-2,4-6H3. The van der Waals surface area contributed by atoms with Crippen LogP contribution in [0.25, 0.3) is 0 Å². The summed E-state index contributed by atoms with van der Waals surface area (Å²) in [6, 6.07) is 0. The van der Waals surface area contributed by atoms with E-state index in [4.69, 9.17) is 4.74 Å². The van der Waals surface area contributed by atoms with Gasteiger partial charge >= 0.3 is 6.09 Å². The Balaban J connectivity index is 2.54. The summed E-state index contributed by atoms with van der Waals surface area (Å²) < 4.78 is 5.33. The number of ether oxygens (including phenoxy) is 1. The van der Waals surface area contributed by atoms with Gasteiger partial charge in [0.25, 0.3) is 0 Å². The van der Waals surface area contributed by atoms with Crippen LogP contribution in [0.5, 0.6) is 0 Å². The average Bonchev–Trinajstić information content (AvgIpc) is 2.62. The summed E-state index contributed by atoms with van der Waals surface area (Å²) in [7, 11) is 0. The first-order chi connectivity index (χ1) is 7.70. The van der Waals surface area contributed by atoms with E-state index in [2.05, 4.69) is 26.5 Å². The van der Waals surface area contributed by atoms with Crippen molar-refractivity contribution in [2.24, 2.45) is 5.92 Å². The Morgan fingerprint density at radius 1 is 1.47 bits per heavy atom. The molecule has 1 rings (SSSR count). The summed E-state index contributed by atoms with van der Waals surface area (Å²) in [4.78, 5) is 13.5. The topological polar surface area (TPSA) is 29.5 Å². The summed E-state index contributed by atoms with van der Waals surface area (Å²) >= 11 is 0. The van der Waals surface area contributed by atoms with Gasteiger partial charge in [0.1, 0.15) is 5.60 Å². The second-order valence-corrected chi connectivity index (χ2v) is 5.77. The number of carbonyl (C=O) groups excluding carboxylic acids is 1. The van der Waals surface area contributed by atoms with Gasteiger partial charge in [-0.3, -0.25) is 0 Å². The predicted octanol–water partition coefficient (Wildman–Crippen LogP) is 3.38. The smallest absolute Gasteiger partial charge is 0.410 e.